The third-order valence-corrected chi connectivity index (χ3v) is 8.86. The second kappa shape index (κ2) is 12.4. The van der Waals surface area contributed by atoms with Crippen LogP contribution >= 0.6 is 11.3 Å². The van der Waals surface area contributed by atoms with Gasteiger partial charge in [-0.2, -0.15) is 0 Å². The van der Waals surface area contributed by atoms with Crippen LogP contribution in [0.25, 0.3) is 21.8 Å². The molecule has 3 N–H and O–H groups in total. The smallest absolute Gasteiger partial charge is 0.303 e. The Morgan fingerprint density at radius 2 is 1.69 bits per heavy atom. The van der Waals surface area contributed by atoms with Gasteiger partial charge in [-0.15, -0.1) is 11.3 Å². The molecule has 0 saturated carbocycles. The molecule has 0 fully saturated rings. The van der Waals surface area contributed by atoms with Crippen molar-refractivity contribution < 1.29 is 31.5 Å². The van der Waals surface area contributed by atoms with E-state index in [1.807, 2.05) is 25.5 Å². The molecule has 0 aliphatic heterocycles. The summed E-state index contributed by atoms with van der Waals surface area (Å²) >= 11 is 1.29. The van der Waals surface area contributed by atoms with E-state index < -0.39 is 49.4 Å². The maximum absolute atomic E-state index is 15.9. The highest BCUT2D eigenvalue weighted by Crippen LogP contribution is 2.42. The Kier molecular flexibility index (Phi) is 9.16. The number of hydrogen-bond donors (Lipinski definition) is 3. The monoisotopic (exact) mass is 619 g/mol. The average molecular weight is 620 g/mol. The summed E-state index contributed by atoms with van der Waals surface area (Å²) in [6, 6.07) is 8.20. The quantitative estimate of drug-likeness (QED) is 0.163. The van der Waals surface area contributed by atoms with Crippen molar-refractivity contribution in [2.24, 2.45) is 0 Å². The number of nitrogens with zero attached hydrogens (tertiary/aromatic N) is 3. The molecule has 0 amide bonds. The van der Waals surface area contributed by atoms with Crippen LogP contribution in [0.15, 0.2) is 53.6 Å². The molecule has 0 unspecified atom stereocenters. The number of aliphatic carboxylic acids is 1. The van der Waals surface area contributed by atoms with Gasteiger partial charge in [0.2, 0.25) is 5.95 Å². The Balaban J connectivity index is 1.72. The highest BCUT2D eigenvalue weighted by atomic mass is 32.2. The molecule has 4 aromatic rings. The first kappa shape index (κ1) is 30.9. The van der Waals surface area contributed by atoms with Gasteiger partial charge in [0, 0.05) is 30.1 Å². The van der Waals surface area contributed by atoms with E-state index in [1.54, 1.807) is 6.07 Å². The molecule has 2 aromatic heterocycles. The summed E-state index contributed by atoms with van der Waals surface area (Å²) in [4.78, 5) is 23.4. The van der Waals surface area contributed by atoms with E-state index in [2.05, 4.69) is 15.3 Å². The van der Waals surface area contributed by atoms with Crippen molar-refractivity contribution in [3.8, 4) is 21.8 Å². The number of halogens is 3. The van der Waals surface area contributed by atoms with E-state index >= 15 is 4.39 Å². The summed E-state index contributed by atoms with van der Waals surface area (Å²) in [5.74, 6) is -4.20. The normalized spacial score (nSPS) is 11.9. The minimum Gasteiger partial charge on any atom is -0.481 e. The van der Waals surface area contributed by atoms with E-state index in [4.69, 9.17) is 10.1 Å². The number of hydrogen-bond acceptors (Lipinski definition) is 8. The predicted octanol–water partition coefficient (Wildman–Crippen LogP) is 6.45. The largest absolute Gasteiger partial charge is 0.481 e. The first-order valence-electron chi connectivity index (χ1n) is 12.8. The fraction of sp³-hybridized carbons (Fsp3) is 0.286. The van der Waals surface area contributed by atoms with Gasteiger partial charge in [-0.25, -0.2) is 36.5 Å². The fourth-order valence-corrected chi connectivity index (χ4v) is 6.20. The van der Waals surface area contributed by atoms with Crippen molar-refractivity contribution in [2.75, 3.05) is 16.6 Å². The van der Waals surface area contributed by atoms with Crippen LogP contribution in [0.3, 0.4) is 0 Å². The third-order valence-electron chi connectivity index (χ3n) is 5.94. The Hall–Kier alpha value is -4.04. The molecule has 4 rings (SSSR count). The van der Waals surface area contributed by atoms with Crippen molar-refractivity contribution in [3.63, 3.8) is 0 Å². The predicted molar refractivity (Wildman–Crippen MR) is 154 cm³/mol. The number of nitrogens with one attached hydrogen (secondary N) is 2. The van der Waals surface area contributed by atoms with Crippen LogP contribution in [0, 0.1) is 17.5 Å². The zero-order chi connectivity index (χ0) is 30.7. The zero-order valence-corrected chi connectivity index (χ0v) is 24.5. The van der Waals surface area contributed by atoms with Gasteiger partial charge in [0.05, 0.1) is 27.0 Å². The number of sulfonamides is 1. The summed E-state index contributed by atoms with van der Waals surface area (Å²) in [5.41, 5.74) is -0.356. The lowest BCUT2D eigenvalue weighted by Gasteiger charge is -2.14. The molecule has 222 valence electrons. The summed E-state index contributed by atoms with van der Waals surface area (Å²) in [6.45, 7) is 6.26. The average Bonchev–Trinajstić information content (AvgIpc) is 3.35. The van der Waals surface area contributed by atoms with Gasteiger partial charge in [0.15, 0.2) is 10.7 Å². The topological polar surface area (TPSA) is 134 Å². The van der Waals surface area contributed by atoms with Crippen LogP contribution in [0.1, 0.15) is 45.0 Å². The third kappa shape index (κ3) is 7.05. The molecule has 0 spiro atoms. The molecule has 2 aromatic carbocycles. The number of benzene rings is 2. The number of carboxylic acids is 1. The molecule has 0 bridgehead atoms. The number of carbonyl (C=O) groups is 1. The minimum absolute atomic E-state index is 0.0484. The van der Waals surface area contributed by atoms with Crippen molar-refractivity contribution in [3.05, 3.63) is 71.1 Å². The number of thiazole rings is 1. The van der Waals surface area contributed by atoms with Crippen LogP contribution in [-0.2, 0) is 20.2 Å². The van der Waals surface area contributed by atoms with Crippen LogP contribution < -0.4 is 10.0 Å². The van der Waals surface area contributed by atoms with Gasteiger partial charge >= 0.3 is 5.97 Å². The lowest BCUT2D eigenvalue weighted by molar-refractivity contribution is -0.137. The van der Waals surface area contributed by atoms with Crippen LogP contribution in [-0.4, -0.2) is 41.0 Å². The molecule has 0 aliphatic carbocycles. The van der Waals surface area contributed by atoms with Crippen LogP contribution in [0.4, 0.5) is 24.8 Å². The van der Waals surface area contributed by atoms with Gasteiger partial charge in [-0.1, -0.05) is 32.9 Å². The second-order valence-electron chi connectivity index (χ2n) is 10.3. The van der Waals surface area contributed by atoms with Crippen molar-refractivity contribution in [1.82, 2.24) is 15.0 Å². The lowest BCUT2D eigenvalue weighted by atomic mass is 9.98. The molecular weight excluding hydrogens is 591 g/mol. The number of aromatic nitrogens is 3. The standard InChI is InChI=1S/C28H28F3N5O4S2/c1-28(2,3)26-35-23(24(41-26)20-13-15-33-27(34-20)32-14-5-4-12-21(37)38)16-8-6-11-19(22(16)31)36-42(39,40)25-17(29)9-7-10-18(25)30/h6-11,13,15,36H,4-5,12,14H2,1-3H3,(H,37,38)(H,32,33,34). The van der Waals surface area contributed by atoms with Gasteiger partial charge in [0.25, 0.3) is 10.0 Å². The molecule has 0 aliphatic rings. The minimum atomic E-state index is -4.82. The number of anilines is 2. The van der Waals surface area contributed by atoms with E-state index in [1.165, 1.54) is 29.7 Å². The molecular formula is C28H28F3N5O4S2. The van der Waals surface area contributed by atoms with Crippen molar-refractivity contribution in [1.29, 1.82) is 0 Å². The van der Waals surface area contributed by atoms with Crippen LogP contribution in [0.5, 0.6) is 0 Å². The van der Waals surface area contributed by atoms with Gasteiger partial charge in [-0.05, 0) is 43.2 Å². The Bertz CT molecular complexity index is 1700. The fourth-order valence-electron chi connectivity index (χ4n) is 3.90. The first-order chi connectivity index (χ1) is 19.8. The zero-order valence-electron chi connectivity index (χ0n) is 22.9. The highest BCUT2D eigenvalue weighted by molar-refractivity contribution is 7.92. The van der Waals surface area contributed by atoms with E-state index in [0.29, 0.717) is 35.0 Å². The Labute approximate surface area is 244 Å². The van der Waals surface area contributed by atoms with Crippen molar-refractivity contribution >= 4 is 39.0 Å². The van der Waals surface area contributed by atoms with Gasteiger partial charge in [-0.3, -0.25) is 9.52 Å². The number of unbranched alkanes of at least 4 members (excludes halogenated alkanes) is 1. The Morgan fingerprint density at radius 1 is 1.00 bits per heavy atom. The number of carboxylic acid groups (broad SMARTS) is 1. The molecule has 14 heteroatoms. The summed E-state index contributed by atoms with van der Waals surface area (Å²) in [6.07, 6.45) is 2.65. The molecule has 9 nitrogen and oxygen atoms in total. The summed E-state index contributed by atoms with van der Waals surface area (Å²) in [7, 11) is -4.82. The van der Waals surface area contributed by atoms with E-state index in [-0.39, 0.29) is 23.6 Å². The lowest BCUT2D eigenvalue weighted by Crippen LogP contribution is -2.17. The molecule has 0 saturated heterocycles. The SMILES string of the molecule is CC(C)(C)c1nc(-c2cccc(NS(=O)(=O)c3c(F)cccc3F)c2F)c(-c2ccnc(NCCCCC(=O)O)n2)s1. The molecule has 0 radical (unpaired) electrons. The van der Waals surface area contributed by atoms with Gasteiger partial charge in [0.1, 0.15) is 11.6 Å². The Morgan fingerprint density at radius 3 is 2.36 bits per heavy atom. The maximum atomic E-state index is 15.9. The molecule has 0 atom stereocenters. The van der Waals surface area contributed by atoms with E-state index in [9.17, 15) is 22.0 Å². The molecule has 2 heterocycles. The summed E-state index contributed by atoms with van der Waals surface area (Å²) in [5, 5.41) is 12.5. The first-order valence-corrected chi connectivity index (χ1v) is 15.1. The van der Waals surface area contributed by atoms with Crippen molar-refractivity contribution in [2.45, 2.75) is 50.3 Å². The molecule has 42 heavy (non-hydrogen) atoms. The van der Waals surface area contributed by atoms with E-state index in [0.717, 1.165) is 24.3 Å². The summed E-state index contributed by atoms with van der Waals surface area (Å²) < 4.78 is 72.0. The number of rotatable bonds is 11. The van der Waals surface area contributed by atoms with Gasteiger partial charge < -0.3 is 10.4 Å². The maximum Gasteiger partial charge on any atom is 0.303 e. The highest BCUT2D eigenvalue weighted by Gasteiger charge is 2.28. The second-order valence-corrected chi connectivity index (χ2v) is 12.9. The van der Waals surface area contributed by atoms with Crippen LogP contribution in [0.2, 0.25) is 0 Å².